The second-order valence-corrected chi connectivity index (χ2v) is 3.67. The second kappa shape index (κ2) is 3.80. The van der Waals surface area contributed by atoms with E-state index >= 15 is 0 Å². The van der Waals surface area contributed by atoms with Gasteiger partial charge in [0.25, 0.3) is 0 Å². The van der Waals surface area contributed by atoms with Gasteiger partial charge in [0.15, 0.2) is 0 Å². The first kappa shape index (κ1) is 15.0. The van der Waals surface area contributed by atoms with Crippen LogP contribution in [0.15, 0.2) is 5.18 Å². The van der Waals surface area contributed by atoms with E-state index in [0.29, 0.717) is 5.18 Å². The molecule has 13 heteroatoms. The second-order valence-electron chi connectivity index (χ2n) is 2.13. The minimum Gasteiger partial charge on any atom is -0.189 e. The number of rotatable bonds is 4. The van der Waals surface area contributed by atoms with Gasteiger partial charge in [-0.3, -0.25) is 0 Å². The van der Waals surface area contributed by atoms with Gasteiger partial charge in [0.2, 0.25) is 0 Å². The molecule has 16 heavy (non-hydrogen) atoms. The van der Waals surface area contributed by atoms with E-state index in [4.69, 9.17) is 0 Å². The molecule has 0 aliphatic carbocycles. The van der Waals surface area contributed by atoms with Crippen molar-refractivity contribution in [1.29, 1.82) is 0 Å². The van der Waals surface area contributed by atoms with E-state index < -0.39 is 27.8 Å². The van der Waals surface area contributed by atoms with E-state index in [-0.39, 0.29) is 0 Å². The quantitative estimate of drug-likeness (QED) is 0.258. The summed E-state index contributed by atoms with van der Waals surface area (Å²) >= 11 is 0. The molecule has 0 fully saturated rings. The van der Waals surface area contributed by atoms with Gasteiger partial charge >= 0.3 is 27.8 Å². The monoisotopic (exact) mass is 279 g/mol. The summed E-state index contributed by atoms with van der Waals surface area (Å²) in [4.78, 5) is 9.17. The van der Waals surface area contributed by atoms with E-state index in [9.17, 15) is 44.1 Å². The molecule has 0 rings (SSSR count). The van der Waals surface area contributed by atoms with Gasteiger partial charge in [-0.1, -0.05) is 0 Å². The van der Waals surface area contributed by atoms with Gasteiger partial charge < -0.3 is 0 Å². The molecule has 0 aromatic carbocycles. The van der Waals surface area contributed by atoms with Crippen molar-refractivity contribution < 1.29 is 43.3 Å². The summed E-state index contributed by atoms with van der Waals surface area (Å²) in [6, 6.07) is -5.95. The molecule has 0 saturated carbocycles. The molecule has 0 radical (unpaired) electrons. The molecular weight excluding hydrogens is 279 g/mol. The lowest BCUT2D eigenvalue weighted by Crippen LogP contribution is -2.45. The number of hydrogen-bond acceptors (Lipinski definition) is 5. The van der Waals surface area contributed by atoms with Gasteiger partial charge in [0.1, 0.15) is 0 Å². The zero-order valence-electron chi connectivity index (χ0n) is 6.63. The highest BCUT2D eigenvalue weighted by Crippen LogP contribution is 2.40. The molecule has 0 bridgehead atoms. The lowest BCUT2D eigenvalue weighted by Gasteiger charge is -2.19. The number of nitrogens with zero attached hydrogens (tertiary/aromatic N) is 1. The van der Waals surface area contributed by atoms with Crippen LogP contribution in [0.3, 0.4) is 0 Å². The minimum atomic E-state index is -6.98. The Balaban J connectivity index is 5.23. The molecule has 0 atom stereocenters. The van der Waals surface area contributed by atoms with Crippen molar-refractivity contribution in [3.63, 3.8) is 0 Å². The minimum absolute atomic E-state index is 0.468. The summed E-state index contributed by atoms with van der Waals surface area (Å²) in [5.74, 6) is 0. The Labute approximate surface area is 82.3 Å². The number of halogens is 7. The smallest absolute Gasteiger partial charge is 0.189 e. The molecule has 96 valence electrons. The molecule has 0 aliphatic rings. The number of hydrogen-bond donors (Lipinski definition) is 0. The van der Waals surface area contributed by atoms with E-state index in [1.165, 1.54) is 0 Å². The highest BCUT2D eigenvalue weighted by atomic mass is 32.2. The molecule has 0 heterocycles. The zero-order valence-corrected chi connectivity index (χ0v) is 7.45. The van der Waals surface area contributed by atoms with Crippen LogP contribution >= 0.6 is 0 Å². The van der Waals surface area contributed by atoms with Crippen molar-refractivity contribution in [3.05, 3.63) is 4.91 Å². The first-order chi connectivity index (χ1) is 6.77. The predicted molar refractivity (Wildman–Crippen MR) is 31.7 cm³/mol. The topological polar surface area (TPSA) is 72.8 Å². The van der Waals surface area contributed by atoms with Crippen molar-refractivity contribution >= 4 is 10.1 Å². The van der Waals surface area contributed by atoms with Gasteiger partial charge in [-0.05, 0) is 0 Å². The van der Waals surface area contributed by atoms with E-state index in [1.54, 1.807) is 0 Å². The van der Waals surface area contributed by atoms with Crippen LogP contribution in [0.2, 0.25) is 0 Å². The fourth-order valence-electron chi connectivity index (χ4n) is 0.288. The molecule has 0 N–H and O–H groups in total. The molecule has 0 aromatic rings. The first-order valence-corrected chi connectivity index (χ1v) is 4.30. The maximum absolute atomic E-state index is 12.1. The molecule has 0 saturated heterocycles. The van der Waals surface area contributed by atoms with Crippen LogP contribution < -0.4 is 0 Å². The Morgan fingerprint density at radius 3 is 1.56 bits per heavy atom. The standard InChI is InChI=1S/C3F7NO4S/c4-1(5,11-12)2(6,7)15-16(13,14)3(8,9)10. The van der Waals surface area contributed by atoms with Gasteiger partial charge in [-0.15, -0.1) is 4.91 Å². The fraction of sp³-hybridized carbons (Fsp3) is 1.00. The average Bonchev–Trinajstić information content (AvgIpc) is 1.99. The van der Waals surface area contributed by atoms with Crippen molar-refractivity contribution in [1.82, 2.24) is 0 Å². The number of alkyl halides is 7. The summed E-state index contributed by atoms with van der Waals surface area (Å²) in [5.41, 5.74) is -6.34. The summed E-state index contributed by atoms with van der Waals surface area (Å²) in [6.45, 7) is 0. The van der Waals surface area contributed by atoms with Gasteiger partial charge in [0, 0.05) is 5.18 Å². The lowest BCUT2D eigenvalue weighted by atomic mass is 10.5. The van der Waals surface area contributed by atoms with Crippen LogP contribution in [0.25, 0.3) is 0 Å². The van der Waals surface area contributed by atoms with Gasteiger partial charge in [0.05, 0.1) is 0 Å². The third-order valence-electron chi connectivity index (χ3n) is 0.963. The zero-order chi connectivity index (χ0) is 13.4. The highest BCUT2D eigenvalue weighted by Gasteiger charge is 2.66. The summed E-state index contributed by atoms with van der Waals surface area (Å²) in [5, 5.41) is 0.468. The van der Waals surface area contributed by atoms with E-state index in [0.717, 1.165) is 0 Å². The number of nitroso groups, excluding NO2 is 1. The van der Waals surface area contributed by atoms with Crippen molar-refractivity contribution in [2.24, 2.45) is 5.18 Å². The largest absolute Gasteiger partial charge is 0.523 e. The third kappa shape index (κ3) is 2.78. The van der Waals surface area contributed by atoms with E-state index in [2.05, 4.69) is 0 Å². The highest BCUT2D eigenvalue weighted by molar-refractivity contribution is 7.87. The summed E-state index contributed by atoms with van der Waals surface area (Å²) < 4.78 is 104. The molecule has 0 amide bonds. The Bertz CT molecular complexity index is 372. The summed E-state index contributed by atoms with van der Waals surface area (Å²) in [6.07, 6.45) is -6.23. The molecule has 0 aliphatic heterocycles. The van der Waals surface area contributed by atoms with Crippen LogP contribution in [-0.2, 0) is 14.3 Å². The fourth-order valence-corrected chi connectivity index (χ4v) is 0.759. The van der Waals surface area contributed by atoms with Crippen LogP contribution in [0.4, 0.5) is 30.7 Å². The van der Waals surface area contributed by atoms with Crippen LogP contribution in [0, 0.1) is 4.91 Å². The third-order valence-corrected chi connectivity index (χ3v) is 1.96. The Kier molecular flexibility index (Phi) is 3.56. The van der Waals surface area contributed by atoms with Crippen LogP contribution in [0.1, 0.15) is 0 Å². The predicted octanol–water partition coefficient (Wildman–Crippen LogP) is 1.80. The normalized spacial score (nSPS) is 14.9. The van der Waals surface area contributed by atoms with Gasteiger partial charge in [-0.2, -0.15) is 43.3 Å². The molecule has 0 spiro atoms. The van der Waals surface area contributed by atoms with Crippen LogP contribution in [0.5, 0.6) is 0 Å². The maximum atomic E-state index is 12.1. The first-order valence-electron chi connectivity index (χ1n) is 2.89. The molecule has 0 aromatic heterocycles. The average molecular weight is 279 g/mol. The Morgan fingerprint density at radius 1 is 0.938 bits per heavy atom. The molecular formula is C3F7NO4S. The van der Waals surface area contributed by atoms with Crippen molar-refractivity contribution in [2.75, 3.05) is 0 Å². The maximum Gasteiger partial charge on any atom is 0.523 e. The Hall–Kier alpha value is -0.980. The Morgan fingerprint density at radius 2 is 1.31 bits per heavy atom. The van der Waals surface area contributed by atoms with Crippen LogP contribution in [-0.4, -0.2) is 26.1 Å². The summed E-state index contributed by atoms with van der Waals surface area (Å²) in [7, 11) is -6.98. The molecule has 0 unspecified atom stereocenters. The van der Waals surface area contributed by atoms with Crippen molar-refractivity contribution in [2.45, 2.75) is 17.7 Å². The molecule has 5 nitrogen and oxygen atoms in total. The SMILES string of the molecule is O=NC(F)(F)C(F)(F)OS(=O)(=O)C(F)(F)F. The van der Waals surface area contributed by atoms with Gasteiger partial charge in [-0.25, -0.2) is 0 Å². The van der Waals surface area contributed by atoms with E-state index in [1.807, 2.05) is 4.18 Å². The lowest BCUT2D eigenvalue weighted by molar-refractivity contribution is -0.307. The van der Waals surface area contributed by atoms with Crippen molar-refractivity contribution in [3.8, 4) is 0 Å².